The van der Waals surface area contributed by atoms with E-state index in [0.29, 0.717) is 80.0 Å². The highest BCUT2D eigenvalue weighted by molar-refractivity contribution is 6.12. The SMILES string of the molecule is C=Nn1cc(-c2[nH]c(CNc3cccc4c3CCN(C(=O)OCc3ccc(NC(=O)[C@H](CCCNC(N)=O)NC(=O)C(NC(=O)CCCCCN5C(=O)C=CC5=O)C(C)C)cc3)C4)nc2-c2cccc(C)n2)cc/c1=N/C. The molecule has 404 valence electrons. The number of carbonyl (C=O) groups excluding carboxylic acids is 7. The van der Waals surface area contributed by atoms with Crippen molar-refractivity contribution >= 4 is 59.8 Å². The molecule has 0 saturated heterocycles. The normalized spacial score (nSPS) is 14.0. The average molecular weight is 1050 g/mol. The number of anilines is 2. The number of nitrogens with one attached hydrogen (secondary N) is 6. The van der Waals surface area contributed by atoms with Crippen molar-refractivity contribution in [2.24, 2.45) is 21.7 Å². The molecule has 22 heteroatoms. The number of aromatic amines is 1. The number of carbonyl (C=O) groups is 7. The number of benzene rings is 2. The van der Waals surface area contributed by atoms with Crippen LogP contribution in [0.15, 0.2) is 101 Å². The molecule has 0 aliphatic carbocycles. The number of amides is 8. The molecule has 22 nitrogen and oxygen atoms in total. The van der Waals surface area contributed by atoms with Crippen molar-refractivity contribution in [2.45, 2.75) is 97.5 Å². The minimum atomic E-state index is -1.04. The fraction of sp³-hybridized carbons (Fsp3) is 0.364. The van der Waals surface area contributed by atoms with Gasteiger partial charge in [0.15, 0.2) is 0 Å². The number of pyridine rings is 2. The number of nitrogens with zero attached hydrogens (tertiary/aromatic N) is 7. The fourth-order valence-corrected chi connectivity index (χ4v) is 8.97. The summed E-state index contributed by atoms with van der Waals surface area (Å²) in [5.41, 5.74) is 13.9. The summed E-state index contributed by atoms with van der Waals surface area (Å²) in [5, 5.41) is 18.5. The number of imide groups is 1. The van der Waals surface area contributed by atoms with Crippen LogP contribution in [0.3, 0.4) is 0 Å². The van der Waals surface area contributed by atoms with Crippen LogP contribution in [0.4, 0.5) is 21.0 Å². The van der Waals surface area contributed by atoms with E-state index in [1.807, 2.05) is 61.7 Å². The lowest BCUT2D eigenvalue weighted by atomic mass is 9.98. The van der Waals surface area contributed by atoms with Crippen molar-refractivity contribution in [1.29, 1.82) is 0 Å². The third-order valence-electron chi connectivity index (χ3n) is 13.1. The van der Waals surface area contributed by atoms with Crippen LogP contribution in [0.5, 0.6) is 0 Å². The van der Waals surface area contributed by atoms with Gasteiger partial charge in [0.05, 0.1) is 17.9 Å². The molecule has 5 heterocycles. The van der Waals surface area contributed by atoms with Gasteiger partial charge in [-0.15, -0.1) is 0 Å². The molecular formula is C55H66N14O8. The summed E-state index contributed by atoms with van der Waals surface area (Å²) in [6, 6.07) is 19.6. The Balaban J connectivity index is 0.907. The topological polar surface area (TPSA) is 293 Å². The second-order valence-corrected chi connectivity index (χ2v) is 19.0. The Morgan fingerprint density at radius 3 is 2.38 bits per heavy atom. The average Bonchev–Trinajstić information content (AvgIpc) is 4.00. The van der Waals surface area contributed by atoms with Crippen LogP contribution in [0.25, 0.3) is 22.6 Å². The van der Waals surface area contributed by atoms with Gasteiger partial charge in [0, 0.05) is 87.3 Å². The first-order chi connectivity index (χ1) is 37.1. The van der Waals surface area contributed by atoms with Gasteiger partial charge in [0.25, 0.3) is 11.8 Å². The van der Waals surface area contributed by atoms with Gasteiger partial charge in [0.2, 0.25) is 17.7 Å². The molecule has 77 heavy (non-hydrogen) atoms. The Labute approximate surface area is 446 Å². The highest BCUT2D eigenvalue weighted by atomic mass is 16.6. The lowest BCUT2D eigenvalue weighted by Crippen LogP contribution is -2.54. The number of aromatic nitrogens is 4. The van der Waals surface area contributed by atoms with Crippen molar-refractivity contribution in [2.75, 3.05) is 37.3 Å². The van der Waals surface area contributed by atoms with Crippen molar-refractivity contribution < 1.29 is 38.3 Å². The second kappa shape index (κ2) is 26.5. The van der Waals surface area contributed by atoms with Crippen LogP contribution in [-0.2, 0) is 54.8 Å². The summed E-state index contributed by atoms with van der Waals surface area (Å²) >= 11 is 0. The summed E-state index contributed by atoms with van der Waals surface area (Å²) in [7, 11) is 1.69. The maximum absolute atomic E-state index is 13.7. The minimum absolute atomic E-state index is 0.0163. The van der Waals surface area contributed by atoms with E-state index in [2.05, 4.69) is 48.4 Å². The first kappa shape index (κ1) is 55.8. The first-order valence-electron chi connectivity index (χ1n) is 25.6. The Morgan fingerprint density at radius 1 is 0.896 bits per heavy atom. The number of urea groups is 1. The summed E-state index contributed by atoms with van der Waals surface area (Å²) in [4.78, 5) is 109. The Hall–Kier alpha value is -8.95. The minimum Gasteiger partial charge on any atom is -0.445 e. The molecule has 5 aromatic rings. The summed E-state index contributed by atoms with van der Waals surface area (Å²) in [5.74, 6) is -1.77. The fourth-order valence-electron chi connectivity index (χ4n) is 8.97. The number of rotatable bonds is 24. The van der Waals surface area contributed by atoms with Crippen LogP contribution >= 0.6 is 0 Å². The Kier molecular flexibility index (Phi) is 19.2. The summed E-state index contributed by atoms with van der Waals surface area (Å²) in [6.45, 7) is 10.8. The van der Waals surface area contributed by atoms with Gasteiger partial charge in [-0.3, -0.25) is 38.8 Å². The molecule has 0 saturated carbocycles. The zero-order chi connectivity index (χ0) is 55.0. The molecule has 0 spiro atoms. The van der Waals surface area contributed by atoms with Crippen LogP contribution < -0.4 is 37.8 Å². The van der Waals surface area contributed by atoms with Crippen LogP contribution in [-0.4, -0.2) is 117 Å². The smallest absolute Gasteiger partial charge is 0.410 e. The molecule has 2 aromatic carbocycles. The van der Waals surface area contributed by atoms with Gasteiger partial charge in [-0.1, -0.05) is 50.6 Å². The summed E-state index contributed by atoms with van der Waals surface area (Å²) < 4.78 is 7.36. The van der Waals surface area contributed by atoms with Crippen molar-refractivity contribution in [3.63, 3.8) is 0 Å². The van der Waals surface area contributed by atoms with E-state index in [1.165, 1.54) is 12.2 Å². The number of ether oxygens (including phenoxy) is 1. The van der Waals surface area contributed by atoms with E-state index in [0.717, 1.165) is 44.4 Å². The van der Waals surface area contributed by atoms with Crippen molar-refractivity contribution in [3.8, 4) is 22.6 Å². The van der Waals surface area contributed by atoms with Gasteiger partial charge in [-0.25, -0.2) is 19.2 Å². The standard InChI is InChI=1S/C55H66N14O8/c1-34(2)49(66-46(70)17-7-6-8-28-68-47(71)24-25-48(68)72)53(74)63-43(16-11-27-59-54(56)75)52(73)62-39-21-18-36(19-22-39)33-77-55(76)67-29-26-40-37(31-67)13-10-14-41(40)60-30-44-64-50(38-20-23-45(57-4)69(32-38)58-5)51(65-44)42-15-9-12-35(3)61-42/h9-10,12-15,18-25,32,34,43,49,60H,5-8,11,16-17,26-31,33H2,1-4H3,(H,62,73)(H,63,74)(H,64,65)(H,66,70)(H3,56,59,75)/b57-45-/t43-,49?/m0/s1. The number of hydrogen-bond donors (Lipinski definition) is 7. The van der Waals surface area contributed by atoms with Gasteiger partial charge in [-0.05, 0) is 104 Å². The molecule has 2 aliphatic heterocycles. The van der Waals surface area contributed by atoms with E-state index in [-0.39, 0.29) is 56.2 Å². The Morgan fingerprint density at radius 2 is 1.66 bits per heavy atom. The third-order valence-corrected chi connectivity index (χ3v) is 13.1. The molecular weight excluding hydrogens is 985 g/mol. The highest BCUT2D eigenvalue weighted by Gasteiger charge is 2.30. The van der Waals surface area contributed by atoms with Crippen LogP contribution in [0, 0.1) is 12.8 Å². The van der Waals surface area contributed by atoms with Gasteiger partial charge >= 0.3 is 12.1 Å². The predicted octanol–water partition coefficient (Wildman–Crippen LogP) is 5.05. The molecule has 8 N–H and O–H groups in total. The molecule has 2 atom stereocenters. The maximum atomic E-state index is 13.7. The number of nitrogens with two attached hydrogens (primary N) is 1. The molecule has 0 radical (unpaired) electrons. The van der Waals surface area contributed by atoms with Crippen LogP contribution in [0.1, 0.15) is 80.6 Å². The van der Waals surface area contributed by atoms with Crippen molar-refractivity contribution in [1.82, 2.24) is 45.4 Å². The highest BCUT2D eigenvalue weighted by Crippen LogP contribution is 2.31. The quantitative estimate of drug-likeness (QED) is 0.0244. The molecule has 1 unspecified atom stereocenters. The van der Waals surface area contributed by atoms with Gasteiger partial charge in [-0.2, -0.15) is 5.10 Å². The predicted molar refractivity (Wildman–Crippen MR) is 289 cm³/mol. The second-order valence-electron chi connectivity index (χ2n) is 19.0. The number of aryl methyl sites for hydroxylation is 1. The number of unbranched alkanes of at least 4 members (excludes halogenated alkanes) is 2. The molecule has 0 bridgehead atoms. The van der Waals surface area contributed by atoms with E-state index in [4.69, 9.17) is 20.4 Å². The van der Waals surface area contributed by atoms with Gasteiger partial charge in [0.1, 0.15) is 35.7 Å². The molecule has 2 aliphatic rings. The lowest BCUT2D eigenvalue weighted by molar-refractivity contribution is -0.137. The zero-order valence-electron chi connectivity index (χ0n) is 43.8. The van der Waals surface area contributed by atoms with Crippen LogP contribution in [0.2, 0.25) is 0 Å². The Bertz CT molecular complexity index is 3070. The van der Waals surface area contributed by atoms with E-state index >= 15 is 0 Å². The number of fused-ring (bicyclic) bond motifs is 1. The van der Waals surface area contributed by atoms with E-state index in [1.54, 1.807) is 54.7 Å². The largest absolute Gasteiger partial charge is 0.445 e. The van der Waals surface area contributed by atoms with E-state index in [9.17, 15) is 33.6 Å². The lowest BCUT2D eigenvalue weighted by Gasteiger charge is -2.29. The monoisotopic (exact) mass is 1050 g/mol. The number of primary amides is 1. The van der Waals surface area contributed by atoms with Gasteiger partial charge < -0.3 is 46.9 Å². The molecule has 8 amide bonds. The molecule has 7 rings (SSSR count). The number of imidazole rings is 1. The van der Waals surface area contributed by atoms with Crippen molar-refractivity contribution in [3.05, 3.63) is 125 Å². The zero-order valence-corrected chi connectivity index (χ0v) is 43.8. The third kappa shape index (κ3) is 15.1. The number of H-pyrrole nitrogens is 1. The molecule has 0 fully saturated rings. The summed E-state index contributed by atoms with van der Waals surface area (Å²) in [6.07, 6.45) is 6.59. The number of hydrogen-bond acceptors (Lipinski definition) is 13. The first-order valence-corrected chi connectivity index (χ1v) is 25.6. The molecule has 3 aromatic heterocycles. The van der Waals surface area contributed by atoms with E-state index < -0.39 is 36.0 Å². The maximum Gasteiger partial charge on any atom is 0.410 e.